The van der Waals surface area contributed by atoms with Crippen molar-refractivity contribution >= 4 is 22.8 Å². The fourth-order valence-corrected chi connectivity index (χ4v) is 4.84. The van der Waals surface area contributed by atoms with Gasteiger partial charge >= 0.3 is 0 Å². The zero-order valence-electron chi connectivity index (χ0n) is 17.8. The van der Waals surface area contributed by atoms with Crippen molar-refractivity contribution in [2.45, 2.75) is 26.3 Å². The number of benzene rings is 1. The Kier molecular flexibility index (Phi) is 4.68. The summed E-state index contributed by atoms with van der Waals surface area (Å²) in [5.74, 6) is 1.00. The third kappa shape index (κ3) is 3.24. The average Bonchev–Trinajstić information content (AvgIpc) is 3.46. The Labute approximate surface area is 180 Å². The number of amides is 2. The van der Waals surface area contributed by atoms with Crippen LogP contribution in [0.15, 0.2) is 47.0 Å². The molecule has 2 amide bonds. The fourth-order valence-electron chi connectivity index (χ4n) is 4.84. The van der Waals surface area contributed by atoms with Gasteiger partial charge in [-0.3, -0.25) is 14.6 Å². The normalized spacial score (nSPS) is 20.9. The zero-order valence-corrected chi connectivity index (χ0v) is 17.8. The summed E-state index contributed by atoms with van der Waals surface area (Å²) in [6.07, 6.45) is 3.19. The van der Waals surface area contributed by atoms with Gasteiger partial charge in [0.15, 0.2) is 5.76 Å². The Bertz CT molecular complexity index is 1160. The molecule has 0 saturated carbocycles. The Hall–Kier alpha value is -3.35. The zero-order chi connectivity index (χ0) is 21.6. The summed E-state index contributed by atoms with van der Waals surface area (Å²) in [6, 6.07) is 11.3. The molecular weight excluding hydrogens is 394 g/mol. The van der Waals surface area contributed by atoms with E-state index in [1.807, 2.05) is 42.2 Å². The topological polar surface area (TPSA) is 75.9 Å². The highest BCUT2D eigenvalue weighted by atomic mass is 16.5. The van der Waals surface area contributed by atoms with Crippen molar-refractivity contribution in [1.29, 1.82) is 0 Å². The van der Waals surface area contributed by atoms with E-state index in [4.69, 9.17) is 9.15 Å². The third-order valence-corrected chi connectivity index (χ3v) is 6.66. The van der Waals surface area contributed by atoms with Crippen LogP contribution in [0.1, 0.15) is 34.7 Å². The van der Waals surface area contributed by atoms with E-state index < -0.39 is 5.41 Å². The number of ether oxygens (including phenoxy) is 1. The molecule has 1 atom stereocenters. The maximum atomic E-state index is 13.3. The third-order valence-electron chi connectivity index (χ3n) is 6.66. The lowest BCUT2D eigenvalue weighted by molar-refractivity contribution is -0.136. The molecule has 160 valence electrons. The standard InChI is InChI=1S/C24H25N3O4/c1-16-19-7-6-18(30-2)13-20(19)31-21(16)22(28)27-12-9-24(15-27)8-11-26(23(24)29)14-17-5-3-4-10-25-17/h3-7,10,13H,8-9,11-12,14-15H2,1-2H3. The molecule has 2 fully saturated rings. The number of methoxy groups -OCH3 is 1. The van der Waals surface area contributed by atoms with Crippen molar-refractivity contribution in [3.8, 4) is 5.75 Å². The summed E-state index contributed by atoms with van der Waals surface area (Å²) in [4.78, 5) is 34.5. The highest BCUT2D eigenvalue weighted by Crippen LogP contribution is 2.42. The van der Waals surface area contributed by atoms with E-state index >= 15 is 0 Å². The van der Waals surface area contributed by atoms with E-state index in [9.17, 15) is 9.59 Å². The average molecular weight is 419 g/mol. The molecule has 7 heteroatoms. The van der Waals surface area contributed by atoms with E-state index in [-0.39, 0.29) is 11.8 Å². The van der Waals surface area contributed by atoms with Gasteiger partial charge in [0.05, 0.1) is 24.8 Å². The van der Waals surface area contributed by atoms with Gasteiger partial charge in [0, 0.05) is 42.8 Å². The first kappa shape index (κ1) is 19.6. The SMILES string of the molecule is COc1ccc2c(C)c(C(=O)N3CCC4(CCN(Cc5ccccn5)C4=O)C3)oc2c1. The highest BCUT2D eigenvalue weighted by Gasteiger charge is 2.52. The van der Waals surface area contributed by atoms with Crippen LogP contribution < -0.4 is 4.74 Å². The predicted molar refractivity (Wildman–Crippen MR) is 115 cm³/mol. The molecule has 7 nitrogen and oxygen atoms in total. The number of nitrogens with zero attached hydrogens (tertiary/aromatic N) is 3. The van der Waals surface area contributed by atoms with Crippen molar-refractivity contribution < 1.29 is 18.7 Å². The number of furan rings is 1. The number of likely N-dealkylation sites (tertiary alicyclic amines) is 2. The lowest BCUT2D eigenvalue weighted by atomic mass is 9.85. The molecule has 2 aromatic heterocycles. The van der Waals surface area contributed by atoms with Crippen LogP contribution in [-0.4, -0.2) is 53.3 Å². The molecule has 1 unspecified atom stereocenters. The van der Waals surface area contributed by atoms with E-state index in [0.717, 1.165) is 23.1 Å². The predicted octanol–water partition coefficient (Wildman–Crippen LogP) is 3.41. The number of carbonyl (C=O) groups is 2. The molecule has 2 saturated heterocycles. The second kappa shape index (κ2) is 7.41. The maximum absolute atomic E-state index is 13.3. The molecule has 2 aliphatic rings. The number of hydrogen-bond donors (Lipinski definition) is 0. The van der Waals surface area contributed by atoms with E-state index in [1.54, 1.807) is 24.3 Å². The highest BCUT2D eigenvalue weighted by molar-refractivity contribution is 6.00. The van der Waals surface area contributed by atoms with Crippen LogP contribution in [0.25, 0.3) is 11.0 Å². The van der Waals surface area contributed by atoms with Crippen LogP contribution in [0.5, 0.6) is 5.75 Å². The van der Waals surface area contributed by atoms with Crippen LogP contribution in [0.2, 0.25) is 0 Å². The molecule has 1 spiro atoms. The molecule has 0 radical (unpaired) electrons. The lowest BCUT2D eigenvalue weighted by Crippen LogP contribution is -2.38. The van der Waals surface area contributed by atoms with E-state index in [0.29, 0.717) is 49.7 Å². The van der Waals surface area contributed by atoms with Gasteiger partial charge in [-0.2, -0.15) is 0 Å². The van der Waals surface area contributed by atoms with Crippen molar-refractivity contribution in [2.24, 2.45) is 5.41 Å². The van der Waals surface area contributed by atoms with Crippen LogP contribution in [0, 0.1) is 12.3 Å². The minimum absolute atomic E-state index is 0.125. The number of aryl methyl sites for hydroxylation is 1. The van der Waals surface area contributed by atoms with E-state index in [2.05, 4.69) is 4.98 Å². The van der Waals surface area contributed by atoms with Gasteiger partial charge in [-0.05, 0) is 44.0 Å². The Morgan fingerprint density at radius 1 is 1.23 bits per heavy atom. The van der Waals surface area contributed by atoms with Gasteiger partial charge < -0.3 is 19.0 Å². The Balaban J connectivity index is 1.33. The summed E-state index contributed by atoms with van der Waals surface area (Å²) < 4.78 is 11.2. The number of rotatable bonds is 4. The smallest absolute Gasteiger partial charge is 0.289 e. The number of fused-ring (bicyclic) bond motifs is 1. The number of aromatic nitrogens is 1. The fraction of sp³-hybridized carbons (Fsp3) is 0.375. The molecule has 31 heavy (non-hydrogen) atoms. The number of carbonyl (C=O) groups excluding carboxylic acids is 2. The lowest BCUT2D eigenvalue weighted by Gasteiger charge is -2.23. The summed E-state index contributed by atoms with van der Waals surface area (Å²) in [6.45, 7) is 4.10. The van der Waals surface area contributed by atoms with Crippen LogP contribution >= 0.6 is 0 Å². The van der Waals surface area contributed by atoms with Gasteiger partial charge in [-0.25, -0.2) is 0 Å². The first-order chi connectivity index (χ1) is 15.0. The monoisotopic (exact) mass is 419 g/mol. The van der Waals surface area contributed by atoms with Gasteiger partial charge in [0.25, 0.3) is 5.91 Å². The molecule has 5 rings (SSSR count). The summed E-state index contributed by atoms with van der Waals surface area (Å²) in [5.41, 5.74) is 1.84. The van der Waals surface area contributed by atoms with Crippen molar-refractivity contribution in [3.05, 3.63) is 59.6 Å². The second-order valence-corrected chi connectivity index (χ2v) is 8.47. The van der Waals surface area contributed by atoms with E-state index in [1.165, 1.54) is 0 Å². The molecular formula is C24H25N3O4. The molecule has 0 aliphatic carbocycles. The quantitative estimate of drug-likeness (QED) is 0.648. The van der Waals surface area contributed by atoms with Gasteiger partial charge in [0.1, 0.15) is 11.3 Å². The first-order valence-corrected chi connectivity index (χ1v) is 10.6. The summed E-state index contributed by atoms with van der Waals surface area (Å²) >= 11 is 0. The molecule has 0 bridgehead atoms. The number of hydrogen-bond acceptors (Lipinski definition) is 5. The first-order valence-electron chi connectivity index (χ1n) is 10.6. The summed E-state index contributed by atoms with van der Waals surface area (Å²) in [7, 11) is 1.60. The van der Waals surface area contributed by atoms with Gasteiger partial charge in [-0.1, -0.05) is 6.07 Å². The van der Waals surface area contributed by atoms with Crippen molar-refractivity contribution in [3.63, 3.8) is 0 Å². The molecule has 0 N–H and O–H groups in total. The number of pyridine rings is 1. The molecule has 2 aliphatic heterocycles. The van der Waals surface area contributed by atoms with Crippen molar-refractivity contribution in [1.82, 2.24) is 14.8 Å². The van der Waals surface area contributed by atoms with Crippen LogP contribution in [0.3, 0.4) is 0 Å². The van der Waals surface area contributed by atoms with Crippen LogP contribution in [0.4, 0.5) is 0 Å². The van der Waals surface area contributed by atoms with Crippen LogP contribution in [-0.2, 0) is 11.3 Å². The minimum Gasteiger partial charge on any atom is -0.497 e. The van der Waals surface area contributed by atoms with Gasteiger partial charge in [-0.15, -0.1) is 0 Å². The largest absolute Gasteiger partial charge is 0.497 e. The summed E-state index contributed by atoms with van der Waals surface area (Å²) in [5, 5.41) is 0.900. The van der Waals surface area contributed by atoms with Gasteiger partial charge in [0.2, 0.25) is 5.91 Å². The molecule has 4 heterocycles. The minimum atomic E-state index is -0.492. The van der Waals surface area contributed by atoms with Crippen molar-refractivity contribution in [2.75, 3.05) is 26.7 Å². The molecule has 3 aromatic rings. The second-order valence-electron chi connectivity index (χ2n) is 8.47. The molecule has 1 aromatic carbocycles. The maximum Gasteiger partial charge on any atom is 0.289 e. The Morgan fingerprint density at radius 3 is 2.84 bits per heavy atom. The Morgan fingerprint density at radius 2 is 2.06 bits per heavy atom.